The zero-order valence-electron chi connectivity index (χ0n) is 16.5. The number of ketones is 1. The largest absolute Gasteiger partial charge is 0.349 e. The van der Waals surface area contributed by atoms with Crippen molar-refractivity contribution < 1.29 is 14.4 Å². The molecular weight excluding hydrogens is 356 g/mol. The Labute approximate surface area is 164 Å². The fraction of sp³-hybridized carbons (Fsp3) is 0.429. The van der Waals surface area contributed by atoms with Gasteiger partial charge in [0, 0.05) is 24.3 Å². The van der Waals surface area contributed by atoms with Gasteiger partial charge in [0.05, 0.1) is 5.69 Å². The van der Waals surface area contributed by atoms with Crippen LogP contribution in [-0.4, -0.2) is 33.7 Å². The summed E-state index contributed by atoms with van der Waals surface area (Å²) in [6.07, 6.45) is 2.62. The van der Waals surface area contributed by atoms with Gasteiger partial charge in [-0.15, -0.1) is 0 Å². The van der Waals surface area contributed by atoms with E-state index in [4.69, 9.17) is 0 Å². The molecule has 2 amide bonds. The van der Waals surface area contributed by atoms with Crippen molar-refractivity contribution in [3.63, 3.8) is 0 Å². The predicted octanol–water partition coefficient (Wildman–Crippen LogP) is 3.06. The fourth-order valence-corrected chi connectivity index (χ4v) is 3.28. The second kappa shape index (κ2) is 8.37. The number of amides is 2. The zero-order chi connectivity index (χ0) is 20.3. The molecule has 0 saturated heterocycles. The average Bonchev–Trinajstić information content (AvgIpc) is 3.06. The van der Waals surface area contributed by atoms with E-state index < -0.39 is 0 Å². The van der Waals surface area contributed by atoms with Crippen LogP contribution in [0.15, 0.2) is 24.3 Å². The van der Waals surface area contributed by atoms with E-state index in [0.29, 0.717) is 36.7 Å². The number of nitrogens with zero attached hydrogens (tertiary/aromatic N) is 2. The number of benzene rings is 1. The van der Waals surface area contributed by atoms with Crippen LogP contribution >= 0.6 is 0 Å². The lowest BCUT2D eigenvalue weighted by molar-refractivity contribution is 0.0932. The highest BCUT2D eigenvalue weighted by Crippen LogP contribution is 2.22. The van der Waals surface area contributed by atoms with Crippen LogP contribution in [0.5, 0.6) is 0 Å². The minimum atomic E-state index is -0.366. The molecule has 2 N–H and O–H groups in total. The Morgan fingerprint density at radius 2 is 1.96 bits per heavy atom. The van der Waals surface area contributed by atoms with Crippen molar-refractivity contribution in [2.75, 3.05) is 11.9 Å². The molecule has 28 heavy (non-hydrogen) atoms. The molecule has 2 aromatic rings. The molecular formula is C21H26N4O3. The SMILES string of the molecule is CC(=O)c1cccc(NC(=O)c2nc(C(=O)NCC(C)C)n3c2CCCC3)c1. The lowest BCUT2D eigenvalue weighted by Gasteiger charge is -2.17. The summed E-state index contributed by atoms with van der Waals surface area (Å²) in [6.45, 7) is 6.76. The van der Waals surface area contributed by atoms with Crippen molar-refractivity contribution in [1.29, 1.82) is 0 Å². The number of anilines is 1. The molecule has 0 unspecified atom stereocenters. The number of hydrogen-bond acceptors (Lipinski definition) is 4. The number of Topliss-reactive ketones (excluding diaryl/α,β-unsaturated/α-hetero) is 1. The first kappa shape index (κ1) is 19.8. The van der Waals surface area contributed by atoms with E-state index in [1.54, 1.807) is 24.3 Å². The minimum absolute atomic E-state index is 0.0698. The van der Waals surface area contributed by atoms with Crippen LogP contribution in [-0.2, 0) is 13.0 Å². The molecule has 7 heteroatoms. The lowest BCUT2D eigenvalue weighted by atomic mass is 10.1. The molecule has 0 aliphatic carbocycles. The monoisotopic (exact) mass is 382 g/mol. The summed E-state index contributed by atoms with van der Waals surface area (Å²) in [6, 6.07) is 6.79. The molecule has 2 heterocycles. The fourth-order valence-electron chi connectivity index (χ4n) is 3.28. The smallest absolute Gasteiger partial charge is 0.287 e. The Hall–Kier alpha value is -2.96. The number of hydrogen-bond donors (Lipinski definition) is 2. The van der Waals surface area contributed by atoms with E-state index in [1.165, 1.54) is 6.92 Å². The summed E-state index contributed by atoms with van der Waals surface area (Å²) in [5, 5.41) is 5.69. The molecule has 1 aromatic heterocycles. The van der Waals surface area contributed by atoms with E-state index in [2.05, 4.69) is 15.6 Å². The highest BCUT2D eigenvalue weighted by molar-refractivity contribution is 6.05. The Morgan fingerprint density at radius 1 is 1.18 bits per heavy atom. The molecule has 0 spiro atoms. The summed E-state index contributed by atoms with van der Waals surface area (Å²) in [4.78, 5) is 41.4. The maximum atomic E-state index is 12.9. The van der Waals surface area contributed by atoms with Crippen LogP contribution in [0.2, 0.25) is 0 Å². The third-order valence-corrected chi connectivity index (χ3v) is 4.73. The summed E-state index contributed by atoms with van der Waals surface area (Å²) >= 11 is 0. The maximum absolute atomic E-state index is 12.9. The van der Waals surface area contributed by atoms with Crippen molar-refractivity contribution in [2.24, 2.45) is 5.92 Å². The standard InChI is InChI=1S/C21H26N4O3/c1-13(2)12-22-21(28)19-24-18(17-9-4-5-10-25(17)19)20(27)23-16-8-6-7-15(11-16)14(3)26/h6-8,11,13H,4-5,9-10,12H2,1-3H3,(H,22,28)(H,23,27). The topological polar surface area (TPSA) is 93.1 Å². The number of rotatable bonds is 6. The normalized spacial score (nSPS) is 13.1. The van der Waals surface area contributed by atoms with Crippen molar-refractivity contribution in [1.82, 2.24) is 14.9 Å². The van der Waals surface area contributed by atoms with Gasteiger partial charge >= 0.3 is 0 Å². The highest BCUT2D eigenvalue weighted by Gasteiger charge is 2.27. The second-order valence-electron chi connectivity index (χ2n) is 7.53. The second-order valence-corrected chi connectivity index (χ2v) is 7.53. The van der Waals surface area contributed by atoms with Gasteiger partial charge in [0.1, 0.15) is 0 Å². The van der Waals surface area contributed by atoms with Crippen LogP contribution in [0.3, 0.4) is 0 Å². The van der Waals surface area contributed by atoms with Gasteiger partial charge in [-0.25, -0.2) is 4.98 Å². The molecule has 148 valence electrons. The number of imidazole rings is 1. The number of fused-ring (bicyclic) bond motifs is 1. The first-order chi connectivity index (χ1) is 13.4. The molecule has 1 aromatic carbocycles. The summed E-state index contributed by atoms with van der Waals surface area (Å²) in [7, 11) is 0. The van der Waals surface area contributed by atoms with E-state index in [9.17, 15) is 14.4 Å². The molecule has 0 atom stereocenters. The predicted molar refractivity (Wildman–Crippen MR) is 107 cm³/mol. The van der Waals surface area contributed by atoms with Crippen molar-refractivity contribution in [3.05, 3.63) is 47.0 Å². The van der Waals surface area contributed by atoms with Crippen LogP contribution in [0, 0.1) is 5.92 Å². The quantitative estimate of drug-likeness (QED) is 0.751. The van der Waals surface area contributed by atoms with Crippen molar-refractivity contribution >= 4 is 23.3 Å². The Morgan fingerprint density at radius 3 is 2.68 bits per heavy atom. The van der Waals surface area contributed by atoms with E-state index in [-0.39, 0.29) is 29.1 Å². The van der Waals surface area contributed by atoms with Gasteiger partial charge < -0.3 is 15.2 Å². The van der Waals surface area contributed by atoms with Crippen LogP contribution < -0.4 is 10.6 Å². The Bertz CT molecular complexity index is 914. The molecule has 0 saturated carbocycles. The molecule has 0 bridgehead atoms. The zero-order valence-corrected chi connectivity index (χ0v) is 16.5. The molecule has 3 rings (SSSR count). The summed E-state index contributed by atoms with van der Waals surface area (Å²) in [5.74, 6) is -0.0719. The number of carbonyl (C=O) groups excluding carboxylic acids is 3. The summed E-state index contributed by atoms with van der Waals surface area (Å²) < 4.78 is 1.86. The molecule has 0 radical (unpaired) electrons. The van der Waals surface area contributed by atoms with Gasteiger partial charge in [-0.3, -0.25) is 14.4 Å². The first-order valence-corrected chi connectivity index (χ1v) is 9.66. The van der Waals surface area contributed by atoms with E-state index in [1.807, 2.05) is 18.4 Å². The Kier molecular flexibility index (Phi) is 5.92. The van der Waals surface area contributed by atoms with Gasteiger partial charge in [-0.2, -0.15) is 0 Å². The van der Waals surface area contributed by atoms with Crippen molar-refractivity contribution in [3.8, 4) is 0 Å². The third kappa shape index (κ3) is 4.30. The van der Waals surface area contributed by atoms with Crippen LogP contribution in [0.25, 0.3) is 0 Å². The van der Waals surface area contributed by atoms with Gasteiger partial charge in [0.15, 0.2) is 17.3 Å². The van der Waals surface area contributed by atoms with E-state index >= 15 is 0 Å². The molecule has 1 aliphatic rings. The number of aromatic nitrogens is 2. The van der Waals surface area contributed by atoms with Gasteiger partial charge in [0.25, 0.3) is 11.8 Å². The van der Waals surface area contributed by atoms with Gasteiger partial charge in [-0.1, -0.05) is 26.0 Å². The van der Waals surface area contributed by atoms with E-state index in [0.717, 1.165) is 18.5 Å². The van der Waals surface area contributed by atoms with Crippen LogP contribution in [0.1, 0.15) is 70.8 Å². The third-order valence-electron chi connectivity index (χ3n) is 4.73. The molecule has 1 aliphatic heterocycles. The lowest BCUT2D eigenvalue weighted by Crippen LogP contribution is -2.30. The number of nitrogens with one attached hydrogen (secondary N) is 2. The highest BCUT2D eigenvalue weighted by atomic mass is 16.2. The first-order valence-electron chi connectivity index (χ1n) is 9.66. The van der Waals surface area contributed by atoms with Gasteiger partial charge in [-0.05, 0) is 44.2 Å². The summed E-state index contributed by atoms with van der Waals surface area (Å²) in [5.41, 5.74) is 2.13. The maximum Gasteiger partial charge on any atom is 0.287 e. The molecule has 0 fully saturated rings. The average molecular weight is 382 g/mol. The Balaban J connectivity index is 1.87. The van der Waals surface area contributed by atoms with Crippen molar-refractivity contribution in [2.45, 2.75) is 46.6 Å². The number of carbonyl (C=O) groups is 3. The van der Waals surface area contributed by atoms with Crippen LogP contribution in [0.4, 0.5) is 5.69 Å². The van der Waals surface area contributed by atoms with Gasteiger partial charge in [0.2, 0.25) is 0 Å². The molecule has 7 nitrogen and oxygen atoms in total. The minimum Gasteiger partial charge on any atom is -0.349 e.